The standard InChI is InChI=1S/C17H24N4O2/c1-22-14-4-2-13(3-5-14)10-17(19)11-16(15(18)12-20-17)21-6-8-23-9-7-21/h2-5,11-12,20H,6-10,18-19H2,1H3. The van der Waals surface area contributed by atoms with Crippen molar-refractivity contribution in [1.82, 2.24) is 10.2 Å². The summed E-state index contributed by atoms with van der Waals surface area (Å²) < 4.78 is 10.6. The third-order valence-electron chi connectivity index (χ3n) is 4.19. The first-order valence-electron chi connectivity index (χ1n) is 7.81. The zero-order chi connectivity index (χ0) is 16.3. The summed E-state index contributed by atoms with van der Waals surface area (Å²) in [5.41, 5.74) is 14.9. The zero-order valence-corrected chi connectivity index (χ0v) is 13.4. The van der Waals surface area contributed by atoms with Gasteiger partial charge in [0.15, 0.2) is 0 Å². The lowest BCUT2D eigenvalue weighted by Gasteiger charge is -2.38. The third-order valence-corrected chi connectivity index (χ3v) is 4.19. The SMILES string of the molecule is COc1ccc(CC2(N)C=C(N3CCOCC3)C(N)=CN2)cc1. The summed E-state index contributed by atoms with van der Waals surface area (Å²) in [6, 6.07) is 7.94. The molecule has 0 saturated carbocycles. The molecule has 1 aromatic rings. The number of nitrogens with two attached hydrogens (primary N) is 2. The molecule has 0 radical (unpaired) electrons. The van der Waals surface area contributed by atoms with E-state index in [4.69, 9.17) is 20.9 Å². The van der Waals surface area contributed by atoms with Crippen molar-refractivity contribution in [2.75, 3.05) is 33.4 Å². The van der Waals surface area contributed by atoms with E-state index < -0.39 is 5.66 Å². The van der Waals surface area contributed by atoms with E-state index in [9.17, 15) is 0 Å². The molecule has 0 amide bonds. The summed E-state index contributed by atoms with van der Waals surface area (Å²) in [6.45, 7) is 3.10. The van der Waals surface area contributed by atoms with E-state index >= 15 is 0 Å². The van der Waals surface area contributed by atoms with Crippen LogP contribution in [-0.2, 0) is 11.2 Å². The Morgan fingerprint density at radius 1 is 1.26 bits per heavy atom. The lowest BCUT2D eigenvalue weighted by molar-refractivity contribution is 0.0538. The fourth-order valence-electron chi connectivity index (χ4n) is 2.92. The monoisotopic (exact) mass is 316 g/mol. The number of hydrogen-bond donors (Lipinski definition) is 3. The van der Waals surface area contributed by atoms with Crippen LogP contribution in [0, 0.1) is 0 Å². The van der Waals surface area contributed by atoms with Gasteiger partial charge in [-0.2, -0.15) is 0 Å². The predicted molar refractivity (Wildman–Crippen MR) is 89.5 cm³/mol. The lowest BCUT2D eigenvalue weighted by atomic mass is 9.96. The van der Waals surface area contributed by atoms with Crippen LogP contribution in [0.15, 0.2) is 47.9 Å². The van der Waals surface area contributed by atoms with Gasteiger partial charge in [-0.1, -0.05) is 12.1 Å². The van der Waals surface area contributed by atoms with Crippen LogP contribution in [0.5, 0.6) is 5.75 Å². The first kappa shape index (κ1) is 15.7. The van der Waals surface area contributed by atoms with Crippen LogP contribution in [0.1, 0.15) is 5.56 Å². The molecule has 3 rings (SSSR count). The van der Waals surface area contributed by atoms with Crippen molar-refractivity contribution in [1.29, 1.82) is 0 Å². The van der Waals surface area contributed by atoms with Gasteiger partial charge < -0.3 is 31.2 Å². The molecule has 0 aromatic heterocycles. The van der Waals surface area contributed by atoms with Crippen LogP contribution in [0.4, 0.5) is 0 Å². The smallest absolute Gasteiger partial charge is 0.118 e. The Bertz CT molecular complexity index is 606. The van der Waals surface area contributed by atoms with E-state index in [1.165, 1.54) is 0 Å². The number of morpholine rings is 1. The molecule has 124 valence electrons. The molecule has 2 aliphatic heterocycles. The number of hydrogen-bond acceptors (Lipinski definition) is 6. The van der Waals surface area contributed by atoms with E-state index in [-0.39, 0.29) is 0 Å². The Hall–Kier alpha value is -2.18. The molecule has 0 spiro atoms. The second kappa shape index (κ2) is 6.52. The molecule has 1 unspecified atom stereocenters. The van der Waals surface area contributed by atoms with Crippen LogP contribution in [0.2, 0.25) is 0 Å². The van der Waals surface area contributed by atoms with Crippen molar-refractivity contribution in [3.8, 4) is 5.75 Å². The highest BCUT2D eigenvalue weighted by atomic mass is 16.5. The molecule has 2 heterocycles. The van der Waals surface area contributed by atoms with Crippen molar-refractivity contribution in [2.24, 2.45) is 11.5 Å². The fraction of sp³-hybridized carbons (Fsp3) is 0.412. The Labute approximate surface area is 136 Å². The van der Waals surface area contributed by atoms with E-state index in [2.05, 4.69) is 10.2 Å². The number of benzene rings is 1. The Kier molecular flexibility index (Phi) is 4.45. The number of dihydropyridines is 1. The van der Waals surface area contributed by atoms with Gasteiger partial charge in [-0.05, 0) is 23.8 Å². The number of rotatable bonds is 4. The third kappa shape index (κ3) is 3.60. The van der Waals surface area contributed by atoms with Crippen LogP contribution < -0.4 is 21.5 Å². The predicted octanol–water partition coefficient (Wildman–Crippen LogP) is 0.512. The maximum absolute atomic E-state index is 6.54. The first-order chi connectivity index (χ1) is 11.1. The summed E-state index contributed by atoms with van der Waals surface area (Å²) >= 11 is 0. The number of ether oxygens (including phenoxy) is 2. The van der Waals surface area contributed by atoms with Gasteiger partial charge in [-0.25, -0.2) is 0 Å². The summed E-state index contributed by atoms with van der Waals surface area (Å²) in [5, 5.41) is 3.22. The van der Waals surface area contributed by atoms with Gasteiger partial charge in [0, 0.05) is 25.7 Å². The summed E-state index contributed by atoms with van der Waals surface area (Å²) in [7, 11) is 1.66. The second-order valence-electron chi connectivity index (χ2n) is 5.94. The van der Waals surface area contributed by atoms with Crippen LogP contribution >= 0.6 is 0 Å². The van der Waals surface area contributed by atoms with E-state index in [1.807, 2.05) is 30.3 Å². The van der Waals surface area contributed by atoms with Crippen LogP contribution in [0.3, 0.4) is 0 Å². The molecule has 1 fully saturated rings. The fourth-order valence-corrected chi connectivity index (χ4v) is 2.92. The van der Waals surface area contributed by atoms with Gasteiger partial charge in [0.2, 0.25) is 0 Å². The van der Waals surface area contributed by atoms with Gasteiger partial charge in [0.25, 0.3) is 0 Å². The second-order valence-corrected chi connectivity index (χ2v) is 5.94. The lowest BCUT2D eigenvalue weighted by Crippen LogP contribution is -2.55. The molecule has 0 bridgehead atoms. The molecule has 1 aromatic carbocycles. The summed E-state index contributed by atoms with van der Waals surface area (Å²) in [5.74, 6) is 0.838. The molecule has 6 heteroatoms. The number of nitrogens with zero attached hydrogens (tertiary/aromatic N) is 1. The van der Waals surface area contributed by atoms with Crippen LogP contribution in [-0.4, -0.2) is 44.0 Å². The zero-order valence-electron chi connectivity index (χ0n) is 13.4. The number of methoxy groups -OCH3 is 1. The highest BCUT2D eigenvalue weighted by Crippen LogP contribution is 2.23. The molecule has 23 heavy (non-hydrogen) atoms. The molecule has 0 aliphatic carbocycles. The van der Waals surface area contributed by atoms with E-state index in [1.54, 1.807) is 13.3 Å². The summed E-state index contributed by atoms with van der Waals surface area (Å²) in [4.78, 5) is 2.23. The van der Waals surface area contributed by atoms with Gasteiger partial charge in [0.05, 0.1) is 31.7 Å². The van der Waals surface area contributed by atoms with Crippen molar-refractivity contribution in [3.05, 3.63) is 53.5 Å². The maximum Gasteiger partial charge on any atom is 0.118 e. The Morgan fingerprint density at radius 3 is 2.61 bits per heavy atom. The van der Waals surface area contributed by atoms with Crippen molar-refractivity contribution in [3.63, 3.8) is 0 Å². The normalized spacial score (nSPS) is 24.5. The van der Waals surface area contributed by atoms with E-state index in [0.29, 0.717) is 25.3 Å². The molecule has 6 nitrogen and oxygen atoms in total. The first-order valence-corrected chi connectivity index (χ1v) is 7.81. The summed E-state index contributed by atoms with van der Waals surface area (Å²) in [6.07, 6.45) is 4.49. The molecule has 1 saturated heterocycles. The average Bonchev–Trinajstić information content (AvgIpc) is 2.59. The van der Waals surface area contributed by atoms with Gasteiger partial charge in [-0.15, -0.1) is 0 Å². The van der Waals surface area contributed by atoms with Gasteiger partial charge >= 0.3 is 0 Å². The van der Waals surface area contributed by atoms with Gasteiger partial charge in [-0.3, -0.25) is 0 Å². The Balaban J connectivity index is 1.78. The molecule has 5 N–H and O–H groups in total. The maximum atomic E-state index is 6.54. The quantitative estimate of drug-likeness (QED) is 0.750. The van der Waals surface area contributed by atoms with Crippen molar-refractivity contribution in [2.45, 2.75) is 12.1 Å². The van der Waals surface area contributed by atoms with E-state index in [0.717, 1.165) is 30.1 Å². The molecule has 1 atom stereocenters. The molecular formula is C17H24N4O2. The minimum absolute atomic E-state index is 0.661. The minimum atomic E-state index is -0.662. The average molecular weight is 316 g/mol. The van der Waals surface area contributed by atoms with Crippen molar-refractivity contribution >= 4 is 0 Å². The number of nitrogens with one attached hydrogen (secondary N) is 1. The largest absolute Gasteiger partial charge is 0.497 e. The topological polar surface area (TPSA) is 85.8 Å². The highest BCUT2D eigenvalue weighted by Gasteiger charge is 2.29. The highest BCUT2D eigenvalue weighted by molar-refractivity contribution is 5.37. The van der Waals surface area contributed by atoms with Crippen LogP contribution in [0.25, 0.3) is 0 Å². The minimum Gasteiger partial charge on any atom is -0.497 e. The Morgan fingerprint density at radius 2 is 1.96 bits per heavy atom. The molecule has 2 aliphatic rings. The van der Waals surface area contributed by atoms with Gasteiger partial charge in [0.1, 0.15) is 11.4 Å². The van der Waals surface area contributed by atoms with Crippen molar-refractivity contribution < 1.29 is 9.47 Å². The molecular weight excluding hydrogens is 292 g/mol.